The summed E-state index contributed by atoms with van der Waals surface area (Å²) in [7, 11) is -3.67. The fourth-order valence-electron chi connectivity index (χ4n) is 3.21. The number of aryl methyl sites for hydroxylation is 1. The molecule has 40 heavy (non-hydrogen) atoms. The van der Waals surface area contributed by atoms with Crippen LogP contribution in [0.3, 0.4) is 0 Å². The van der Waals surface area contributed by atoms with Crippen molar-refractivity contribution in [3.05, 3.63) is 57.5 Å². The summed E-state index contributed by atoms with van der Waals surface area (Å²) in [6.45, 7) is 4.46. The van der Waals surface area contributed by atoms with E-state index in [1.54, 1.807) is 20.8 Å². The number of carboxylic acid groups (broad SMARTS) is 1. The van der Waals surface area contributed by atoms with Crippen LogP contribution in [0.5, 0.6) is 0 Å². The van der Waals surface area contributed by atoms with Crippen molar-refractivity contribution in [2.45, 2.75) is 36.7 Å². The molecule has 3 aromatic heterocycles. The number of aromatic nitrogens is 4. The molecule has 0 aliphatic rings. The first-order valence-corrected chi connectivity index (χ1v) is 13.9. The molecule has 11 nitrogen and oxygen atoms in total. The second-order valence-corrected chi connectivity index (χ2v) is 12.5. The number of hydrogen-bond donors (Lipinski definition) is 4. The lowest BCUT2D eigenvalue weighted by atomic mass is 10.1. The summed E-state index contributed by atoms with van der Waals surface area (Å²) in [6.07, 6.45) is -3.94. The molecule has 3 heterocycles. The van der Waals surface area contributed by atoms with Crippen LogP contribution in [-0.2, 0) is 16.2 Å². The van der Waals surface area contributed by atoms with Gasteiger partial charge < -0.3 is 15.9 Å². The molecule has 0 atom stereocenters. The molecule has 0 amide bonds. The lowest BCUT2D eigenvalue weighted by molar-refractivity contribution is -0.142. The highest BCUT2D eigenvalue weighted by atomic mass is 35.5. The van der Waals surface area contributed by atoms with E-state index in [-0.39, 0.29) is 37.3 Å². The number of anilines is 1. The quantitative estimate of drug-likeness (QED) is 0.236. The zero-order valence-electron chi connectivity index (χ0n) is 20.8. The zero-order chi connectivity index (χ0) is 30.2. The maximum absolute atomic E-state index is 13.3. The second-order valence-electron chi connectivity index (χ2n) is 8.82. The Morgan fingerprint density at radius 2 is 1.82 bits per heavy atom. The first-order chi connectivity index (χ1) is 18.4. The normalized spacial score (nSPS) is 12.3. The number of carboxylic acids is 1. The first-order valence-electron chi connectivity index (χ1n) is 10.9. The van der Waals surface area contributed by atoms with Crippen molar-refractivity contribution in [3.8, 4) is 11.3 Å². The fourth-order valence-corrected chi connectivity index (χ4v) is 6.22. The molecule has 5 N–H and O–H groups in total. The number of nitrogens with one attached hydrogen (secondary N) is 1. The van der Waals surface area contributed by atoms with Crippen molar-refractivity contribution >= 4 is 61.3 Å². The minimum Gasteiger partial charge on any atom is -0.477 e. The number of nitrogen functional groups attached to an aromatic ring is 1. The summed E-state index contributed by atoms with van der Waals surface area (Å²) in [5, 5.41) is 22.2. The van der Waals surface area contributed by atoms with Crippen LogP contribution in [0.1, 0.15) is 35.6 Å². The van der Waals surface area contributed by atoms with E-state index in [1.807, 2.05) is 0 Å². The van der Waals surface area contributed by atoms with Crippen LogP contribution < -0.4 is 10.5 Å². The van der Waals surface area contributed by atoms with Crippen LogP contribution >= 0.6 is 34.5 Å². The van der Waals surface area contributed by atoms with Gasteiger partial charge in [0.15, 0.2) is 20.7 Å². The number of hydrogen-bond acceptors (Lipinski definition) is 9. The number of carbonyl (C=O) groups is 1. The topological polar surface area (TPSA) is 173 Å². The Hall–Kier alpha value is -3.02. The smallest absolute Gasteiger partial charge is 0.433 e. The predicted molar refractivity (Wildman–Crippen MR) is 143 cm³/mol. The van der Waals surface area contributed by atoms with Crippen molar-refractivity contribution in [2.75, 3.05) is 12.3 Å². The number of rotatable bonds is 6. The Labute approximate surface area is 239 Å². The van der Waals surface area contributed by atoms with Crippen molar-refractivity contribution in [1.82, 2.24) is 24.3 Å². The van der Waals surface area contributed by atoms with E-state index in [4.69, 9.17) is 39.1 Å². The van der Waals surface area contributed by atoms with Gasteiger partial charge in [0.1, 0.15) is 5.56 Å². The number of benzene rings is 1. The number of nitrogens with zero attached hydrogens (tertiary/aromatic N) is 4. The Bertz CT molecular complexity index is 1690. The van der Waals surface area contributed by atoms with Crippen molar-refractivity contribution in [1.29, 1.82) is 0 Å². The molecule has 4 rings (SSSR count). The predicted octanol–water partition coefficient (Wildman–Crippen LogP) is 4.50. The summed E-state index contributed by atoms with van der Waals surface area (Å²) in [5.74, 6) is -1.43. The number of fused-ring (bicyclic) bond motifs is 1. The standard InChI is InChI=1S/C14H6Cl2F3N3O2.C8H15N3O3S2/c15-8-2-1-6(3-9(8)16)10-4-11(14(17,18)19)22-12(21-10)7(5-20-22)13(23)24;1-5-6(15-7(9)10-5)16(13,14)11-8(2,3)4-12/h1-5H,(H,23,24);11-12H,4H2,1-3H3,(H2,9,10). The SMILES string of the molecule is Cc1nc(N)sc1S(=O)(=O)NC(C)(C)CO.O=C(O)c1cnn2c(C(F)(F)F)cc(-c3ccc(Cl)c(Cl)c3)nc12. The van der Waals surface area contributed by atoms with Gasteiger partial charge in [-0.3, -0.25) is 0 Å². The highest BCUT2D eigenvalue weighted by Gasteiger charge is 2.36. The number of aliphatic hydroxyl groups excluding tert-OH is 1. The maximum atomic E-state index is 13.3. The van der Waals surface area contributed by atoms with E-state index in [0.29, 0.717) is 10.2 Å². The van der Waals surface area contributed by atoms with Crippen LogP contribution in [0.15, 0.2) is 34.7 Å². The lowest BCUT2D eigenvalue weighted by Crippen LogP contribution is -2.46. The summed E-state index contributed by atoms with van der Waals surface area (Å²) < 4.78 is 66.6. The zero-order valence-corrected chi connectivity index (χ0v) is 23.9. The monoisotopic (exact) mass is 640 g/mol. The van der Waals surface area contributed by atoms with Crippen LogP contribution in [-0.4, -0.2) is 56.3 Å². The van der Waals surface area contributed by atoms with Gasteiger partial charge in [-0.05, 0) is 39.0 Å². The third-order valence-electron chi connectivity index (χ3n) is 5.03. The number of nitrogens with two attached hydrogens (primary N) is 1. The summed E-state index contributed by atoms with van der Waals surface area (Å²) in [4.78, 5) is 19.0. The molecule has 0 aliphatic heterocycles. The average molecular weight is 641 g/mol. The Kier molecular flexibility index (Phi) is 9.03. The number of sulfonamides is 1. The number of aliphatic hydroxyl groups is 1. The van der Waals surface area contributed by atoms with Gasteiger partial charge in [-0.15, -0.1) is 0 Å². The molecule has 216 valence electrons. The number of aromatic carboxylic acids is 1. The summed E-state index contributed by atoms with van der Waals surface area (Å²) >= 11 is 12.6. The number of halogens is 5. The van der Waals surface area contributed by atoms with Gasteiger partial charge in [0.05, 0.1) is 39.8 Å². The molecule has 0 aliphatic carbocycles. The highest BCUT2D eigenvalue weighted by molar-refractivity contribution is 7.91. The molecule has 1 aromatic carbocycles. The van der Waals surface area contributed by atoms with Crippen molar-refractivity contribution in [2.24, 2.45) is 0 Å². The van der Waals surface area contributed by atoms with E-state index in [2.05, 4.69) is 19.8 Å². The Morgan fingerprint density at radius 1 is 1.18 bits per heavy atom. The van der Waals surface area contributed by atoms with Gasteiger partial charge in [0, 0.05) is 5.56 Å². The summed E-state index contributed by atoms with van der Waals surface area (Å²) in [5.41, 5.74) is 3.04. The molecule has 18 heteroatoms. The van der Waals surface area contributed by atoms with E-state index < -0.39 is 44.6 Å². The molecular weight excluding hydrogens is 620 g/mol. The van der Waals surface area contributed by atoms with E-state index >= 15 is 0 Å². The second kappa shape index (κ2) is 11.5. The van der Waals surface area contributed by atoms with Crippen molar-refractivity contribution in [3.63, 3.8) is 0 Å². The molecule has 0 bridgehead atoms. The lowest BCUT2D eigenvalue weighted by Gasteiger charge is -2.22. The van der Waals surface area contributed by atoms with Crippen molar-refractivity contribution < 1.29 is 36.6 Å². The van der Waals surface area contributed by atoms with Gasteiger partial charge in [-0.1, -0.05) is 40.6 Å². The first kappa shape index (κ1) is 31.5. The highest BCUT2D eigenvalue weighted by Crippen LogP contribution is 2.34. The van der Waals surface area contributed by atoms with Gasteiger partial charge >= 0.3 is 12.1 Å². The summed E-state index contributed by atoms with van der Waals surface area (Å²) in [6, 6.07) is 4.96. The molecule has 0 saturated heterocycles. The fraction of sp³-hybridized carbons (Fsp3) is 0.273. The van der Waals surface area contributed by atoms with Crippen LogP contribution in [0.2, 0.25) is 10.0 Å². The van der Waals surface area contributed by atoms with Gasteiger partial charge in [-0.2, -0.15) is 18.3 Å². The molecule has 0 saturated carbocycles. The number of alkyl halides is 3. The largest absolute Gasteiger partial charge is 0.477 e. The molecular formula is C22H21Cl2F3N6O5S2. The molecule has 0 fully saturated rings. The van der Waals surface area contributed by atoms with Crippen LogP contribution in [0, 0.1) is 6.92 Å². The van der Waals surface area contributed by atoms with Gasteiger partial charge in [-0.25, -0.2) is 32.4 Å². The third kappa shape index (κ3) is 7.00. The third-order valence-corrected chi connectivity index (χ3v) is 9.06. The van der Waals surface area contributed by atoms with Crippen LogP contribution in [0.4, 0.5) is 18.3 Å². The van der Waals surface area contributed by atoms with Crippen LogP contribution in [0.25, 0.3) is 16.9 Å². The maximum Gasteiger partial charge on any atom is 0.433 e. The minimum absolute atomic E-state index is 0.0894. The van der Waals surface area contributed by atoms with Gasteiger partial charge in [0.2, 0.25) is 0 Å². The average Bonchev–Trinajstić information content (AvgIpc) is 3.42. The van der Waals surface area contributed by atoms with E-state index in [0.717, 1.165) is 23.6 Å². The number of thiazole rings is 1. The molecule has 4 aromatic rings. The molecule has 0 unspecified atom stereocenters. The minimum atomic E-state index is -4.76. The molecule has 0 radical (unpaired) electrons. The molecule has 0 spiro atoms. The Balaban J connectivity index is 0.000000241. The van der Waals surface area contributed by atoms with E-state index in [1.165, 1.54) is 18.2 Å². The van der Waals surface area contributed by atoms with E-state index in [9.17, 15) is 26.4 Å². The van der Waals surface area contributed by atoms with Gasteiger partial charge in [0.25, 0.3) is 10.0 Å². The Morgan fingerprint density at radius 3 is 2.33 bits per heavy atom.